The number of nitrogens with one attached hydrogen (secondary N) is 2. The van der Waals surface area contributed by atoms with E-state index in [0.717, 1.165) is 43.6 Å². The number of anilines is 1. The first-order valence-electron chi connectivity index (χ1n) is 12.3. The van der Waals surface area contributed by atoms with Gasteiger partial charge in [0.25, 0.3) is 11.8 Å². The van der Waals surface area contributed by atoms with Gasteiger partial charge in [-0.1, -0.05) is 37.5 Å². The van der Waals surface area contributed by atoms with Crippen molar-refractivity contribution < 1.29 is 14.3 Å². The molecule has 1 aliphatic carbocycles. The predicted molar refractivity (Wildman–Crippen MR) is 131 cm³/mol. The lowest BCUT2D eigenvalue weighted by molar-refractivity contribution is -0.120. The molecule has 1 heterocycles. The number of rotatable bonds is 6. The van der Waals surface area contributed by atoms with Gasteiger partial charge in [-0.05, 0) is 74.0 Å². The van der Waals surface area contributed by atoms with Gasteiger partial charge in [-0.25, -0.2) is 0 Å². The molecular formula is C27H35N3O3. The lowest BCUT2D eigenvalue weighted by Crippen LogP contribution is -2.37. The minimum absolute atomic E-state index is 0.0134. The molecule has 1 fully saturated rings. The molecule has 176 valence electrons. The molecule has 1 aliphatic heterocycles. The molecular weight excluding hydrogens is 414 g/mol. The van der Waals surface area contributed by atoms with E-state index in [1.807, 2.05) is 53.4 Å². The fourth-order valence-electron chi connectivity index (χ4n) is 4.19. The normalized spacial score (nSPS) is 17.3. The van der Waals surface area contributed by atoms with E-state index in [0.29, 0.717) is 30.3 Å². The summed E-state index contributed by atoms with van der Waals surface area (Å²) in [5.74, 6) is 1.21. The maximum Gasteiger partial charge on any atom is 0.264 e. The van der Waals surface area contributed by atoms with E-state index < -0.39 is 0 Å². The first-order valence-corrected chi connectivity index (χ1v) is 12.3. The van der Waals surface area contributed by atoms with Gasteiger partial charge in [0.15, 0.2) is 6.61 Å². The van der Waals surface area contributed by atoms with Crippen LogP contribution in [0.2, 0.25) is 0 Å². The molecule has 33 heavy (non-hydrogen) atoms. The van der Waals surface area contributed by atoms with Crippen molar-refractivity contribution in [1.29, 1.82) is 0 Å². The fraction of sp³-hybridized carbons (Fsp3) is 0.481. The lowest BCUT2D eigenvalue weighted by atomic mass is 10.0. The zero-order valence-electron chi connectivity index (χ0n) is 19.4. The van der Waals surface area contributed by atoms with Gasteiger partial charge in [0.1, 0.15) is 5.75 Å². The van der Waals surface area contributed by atoms with Crippen molar-refractivity contribution in [3.63, 3.8) is 0 Å². The van der Waals surface area contributed by atoms with Crippen LogP contribution in [0.3, 0.4) is 0 Å². The molecule has 2 aromatic carbocycles. The molecule has 6 nitrogen and oxygen atoms in total. The second-order valence-electron chi connectivity index (χ2n) is 9.09. The number of carbonyl (C=O) groups excluding carboxylic acids is 2. The number of nitrogens with zero attached hydrogens (tertiary/aromatic N) is 1. The van der Waals surface area contributed by atoms with Crippen molar-refractivity contribution in [3.8, 4) is 5.75 Å². The summed E-state index contributed by atoms with van der Waals surface area (Å²) in [5.41, 5.74) is 2.49. The highest BCUT2D eigenvalue weighted by Crippen LogP contribution is 2.28. The smallest absolute Gasteiger partial charge is 0.264 e. The Kier molecular flexibility index (Phi) is 8.36. The Hall–Kier alpha value is -2.86. The van der Waals surface area contributed by atoms with E-state index in [2.05, 4.69) is 10.6 Å². The van der Waals surface area contributed by atoms with Gasteiger partial charge in [0.2, 0.25) is 0 Å². The molecule has 4 rings (SSSR count). The Morgan fingerprint density at radius 1 is 1.00 bits per heavy atom. The van der Waals surface area contributed by atoms with E-state index in [4.69, 9.17) is 4.74 Å². The highest BCUT2D eigenvalue weighted by Gasteiger charge is 2.23. The molecule has 0 unspecified atom stereocenters. The molecule has 0 aromatic heterocycles. The summed E-state index contributed by atoms with van der Waals surface area (Å²) in [6.45, 7) is 2.94. The molecule has 2 amide bonds. The molecule has 0 atom stereocenters. The van der Waals surface area contributed by atoms with Crippen LogP contribution < -0.4 is 20.3 Å². The number of hydrogen-bond donors (Lipinski definition) is 2. The first-order chi connectivity index (χ1) is 16.2. The molecule has 0 spiro atoms. The Balaban J connectivity index is 1.53. The Labute approximate surface area is 196 Å². The Morgan fingerprint density at radius 3 is 2.61 bits per heavy atom. The van der Waals surface area contributed by atoms with Crippen molar-refractivity contribution in [2.75, 3.05) is 31.1 Å². The minimum atomic E-state index is -0.0666. The van der Waals surface area contributed by atoms with Gasteiger partial charge >= 0.3 is 0 Å². The van der Waals surface area contributed by atoms with Crippen molar-refractivity contribution in [2.45, 2.75) is 51.5 Å². The second-order valence-corrected chi connectivity index (χ2v) is 9.09. The number of para-hydroxylation sites is 1. The molecule has 2 aliphatic rings. The SMILES string of the molecule is O=C(NCC1CC1)c1ccc2c(c1)CNCCCCCCCN2C(=O)COc1ccccc1. The van der Waals surface area contributed by atoms with Crippen LogP contribution in [-0.4, -0.2) is 38.1 Å². The van der Waals surface area contributed by atoms with Crippen LogP contribution in [0.15, 0.2) is 48.5 Å². The van der Waals surface area contributed by atoms with E-state index >= 15 is 0 Å². The van der Waals surface area contributed by atoms with Crippen LogP contribution in [0.5, 0.6) is 5.75 Å². The topological polar surface area (TPSA) is 70.7 Å². The van der Waals surface area contributed by atoms with E-state index in [9.17, 15) is 9.59 Å². The summed E-state index contributed by atoms with van der Waals surface area (Å²) in [6.07, 6.45) is 7.97. The van der Waals surface area contributed by atoms with Crippen LogP contribution in [0.4, 0.5) is 5.69 Å². The van der Waals surface area contributed by atoms with Gasteiger partial charge in [0.05, 0.1) is 0 Å². The third kappa shape index (κ3) is 7.06. The summed E-state index contributed by atoms with van der Waals surface area (Å²) in [6, 6.07) is 15.1. The third-order valence-electron chi connectivity index (χ3n) is 6.34. The van der Waals surface area contributed by atoms with Crippen LogP contribution >= 0.6 is 0 Å². The number of fused-ring (bicyclic) bond motifs is 1. The monoisotopic (exact) mass is 449 g/mol. The largest absolute Gasteiger partial charge is 0.484 e. The van der Waals surface area contributed by atoms with E-state index in [1.165, 1.54) is 25.7 Å². The Morgan fingerprint density at radius 2 is 1.79 bits per heavy atom. The molecule has 2 N–H and O–H groups in total. The van der Waals surface area contributed by atoms with Gasteiger partial charge in [-0.15, -0.1) is 0 Å². The highest BCUT2D eigenvalue weighted by atomic mass is 16.5. The number of benzene rings is 2. The minimum Gasteiger partial charge on any atom is -0.484 e. The van der Waals surface area contributed by atoms with Gasteiger partial charge in [-0.2, -0.15) is 0 Å². The standard InChI is InChI=1S/C27H35N3O3/c31-26(20-33-24-9-5-4-6-10-24)30-16-8-3-1-2-7-15-28-19-23-17-22(13-14-25(23)30)27(32)29-18-21-11-12-21/h4-6,9-10,13-14,17,21,28H,1-3,7-8,11-12,15-16,18-20H2,(H,29,32). The molecule has 0 radical (unpaired) electrons. The summed E-state index contributed by atoms with van der Waals surface area (Å²) in [4.78, 5) is 27.8. The number of hydrogen-bond acceptors (Lipinski definition) is 4. The average Bonchev–Trinajstić information content (AvgIpc) is 3.67. The van der Waals surface area contributed by atoms with Crippen LogP contribution in [0.25, 0.3) is 0 Å². The highest BCUT2D eigenvalue weighted by molar-refractivity contribution is 5.98. The maximum atomic E-state index is 13.3. The number of amides is 2. The summed E-state index contributed by atoms with van der Waals surface area (Å²) in [7, 11) is 0. The van der Waals surface area contributed by atoms with Gasteiger partial charge in [0, 0.05) is 30.9 Å². The van der Waals surface area contributed by atoms with E-state index in [1.54, 1.807) is 0 Å². The number of ether oxygens (including phenoxy) is 1. The molecule has 1 saturated carbocycles. The van der Waals surface area contributed by atoms with Gasteiger partial charge in [-0.3, -0.25) is 9.59 Å². The maximum absolute atomic E-state index is 13.3. The fourth-order valence-corrected chi connectivity index (χ4v) is 4.19. The zero-order chi connectivity index (χ0) is 22.9. The summed E-state index contributed by atoms with van der Waals surface area (Å²) in [5, 5.41) is 6.55. The van der Waals surface area contributed by atoms with Crippen molar-refractivity contribution in [1.82, 2.24) is 10.6 Å². The lowest BCUT2D eigenvalue weighted by Gasteiger charge is -2.26. The predicted octanol–water partition coefficient (Wildman–Crippen LogP) is 4.29. The zero-order valence-corrected chi connectivity index (χ0v) is 19.4. The van der Waals surface area contributed by atoms with E-state index in [-0.39, 0.29) is 18.4 Å². The average molecular weight is 450 g/mol. The van der Waals surface area contributed by atoms with Gasteiger partial charge < -0.3 is 20.3 Å². The molecule has 0 bridgehead atoms. The Bertz CT molecular complexity index is 927. The van der Waals surface area contributed by atoms with Crippen molar-refractivity contribution in [3.05, 3.63) is 59.7 Å². The summed E-state index contributed by atoms with van der Waals surface area (Å²) < 4.78 is 5.76. The van der Waals surface area contributed by atoms with Crippen molar-refractivity contribution in [2.24, 2.45) is 5.92 Å². The molecule has 6 heteroatoms. The molecule has 2 aromatic rings. The molecule has 0 saturated heterocycles. The van der Waals surface area contributed by atoms with Crippen LogP contribution in [-0.2, 0) is 11.3 Å². The second kappa shape index (κ2) is 11.8. The van der Waals surface area contributed by atoms with Crippen molar-refractivity contribution >= 4 is 17.5 Å². The van der Waals surface area contributed by atoms with Crippen LogP contribution in [0.1, 0.15) is 60.9 Å². The first kappa shape index (κ1) is 23.3. The third-order valence-corrected chi connectivity index (χ3v) is 6.34. The quantitative estimate of drug-likeness (QED) is 0.690. The number of carbonyl (C=O) groups is 2. The van der Waals surface area contributed by atoms with Crippen LogP contribution in [0, 0.1) is 5.92 Å². The summed E-state index contributed by atoms with van der Waals surface area (Å²) >= 11 is 0.